The van der Waals surface area contributed by atoms with E-state index in [4.69, 9.17) is 11.6 Å². The number of amides is 1. The van der Waals surface area contributed by atoms with Gasteiger partial charge in [-0.15, -0.1) is 11.6 Å². The molecule has 102 valence electrons. The highest BCUT2D eigenvalue weighted by Gasteiger charge is 2.23. The molecule has 1 amide bonds. The highest BCUT2D eigenvalue weighted by molar-refractivity contribution is 6.22. The predicted octanol–water partition coefficient (Wildman–Crippen LogP) is 3.79. The van der Waals surface area contributed by atoms with E-state index in [1.54, 1.807) is 18.2 Å². The summed E-state index contributed by atoms with van der Waals surface area (Å²) in [5.41, 5.74) is 1.89. The van der Waals surface area contributed by atoms with Crippen LogP contribution in [0.25, 0.3) is 0 Å². The van der Waals surface area contributed by atoms with Crippen LogP contribution in [-0.4, -0.2) is 5.91 Å². The molecule has 0 saturated heterocycles. The molecule has 1 N–H and O–H groups in total. The molecule has 0 fully saturated rings. The lowest BCUT2D eigenvalue weighted by atomic mass is 10.0. The second-order valence-electron chi connectivity index (χ2n) is 4.64. The van der Waals surface area contributed by atoms with Crippen LogP contribution >= 0.6 is 11.6 Å². The maximum atomic E-state index is 13.7. The van der Waals surface area contributed by atoms with E-state index in [1.165, 1.54) is 18.2 Å². The SMILES string of the molecule is O=C1Cc2cc(C(Cl)c3c(F)cccc3F)ccc2N1. The lowest BCUT2D eigenvalue weighted by Gasteiger charge is -2.13. The minimum absolute atomic E-state index is 0.0969. The summed E-state index contributed by atoms with van der Waals surface area (Å²) in [4.78, 5) is 11.3. The summed E-state index contributed by atoms with van der Waals surface area (Å²) in [6, 6.07) is 8.70. The van der Waals surface area contributed by atoms with Gasteiger partial charge in [0.15, 0.2) is 0 Å². The summed E-state index contributed by atoms with van der Waals surface area (Å²) in [7, 11) is 0. The molecule has 20 heavy (non-hydrogen) atoms. The number of fused-ring (bicyclic) bond motifs is 1. The molecule has 1 heterocycles. The zero-order valence-corrected chi connectivity index (χ0v) is 11.0. The maximum absolute atomic E-state index is 13.7. The largest absolute Gasteiger partial charge is 0.326 e. The summed E-state index contributed by atoms with van der Waals surface area (Å²) in [6.07, 6.45) is 0.256. The molecule has 5 heteroatoms. The van der Waals surface area contributed by atoms with Crippen LogP contribution in [-0.2, 0) is 11.2 Å². The Morgan fingerprint density at radius 2 is 1.85 bits per heavy atom. The number of nitrogens with one attached hydrogen (secondary N) is 1. The molecule has 1 aliphatic heterocycles. The highest BCUT2D eigenvalue weighted by Crippen LogP contribution is 2.35. The quantitative estimate of drug-likeness (QED) is 0.839. The van der Waals surface area contributed by atoms with E-state index in [-0.39, 0.29) is 17.9 Å². The zero-order valence-electron chi connectivity index (χ0n) is 10.3. The third kappa shape index (κ3) is 2.16. The Morgan fingerprint density at radius 1 is 1.15 bits per heavy atom. The molecule has 1 aliphatic rings. The molecule has 0 aromatic heterocycles. The van der Waals surface area contributed by atoms with Gasteiger partial charge in [0.2, 0.25) is 5.91 Å². The van der Waals surface area contributed by atoms with E-state index < -0.39 is 17.0 Å². The van der Waals surface area contributed by atoms with Crippen LogP contribution in [0.2, 0.25) is 0 Å². The third-order valence-electron chi connectivity index (χ3n) is 3.30. The van der Waals surface area contributed by atoms with Crippen LogP contribution in [0.1, 0.15) is 22.1 Å². The van der Waals surface area contributed by atoms with Crippen molar-refractivity contribution in [2.24, 2.45) is 0 Å². The zero-order chi connectivity index (χ0) is 14.3. The molecule has 0 spiro atoms. The molecule has 3 rings (SSSR count). The van der Waals surface area contributed by atoms with Gasteiger partial charge in [0.05, 0.1) is 11.8 Å². The number of hydrogen-bond acceptors (Lipinski definition) is 1. The van der Waals surface area contributed by atoms with Crippen LogP contribution in [0.15, 0.2) is 36.4 Å². The van der Waals surface area contributed by atoms with Crippen LogP contribution in [0.3, 0.4) is 0 Å². The van der Waals surface area contributed by atoms with E-state index in [9.17, 15) is 13.6 Å². The Morgan fingerprint density at radius 3 is 2.55 bits per heavy atom. The van der Waals surface area contributed by atoms with Crippen LogP contribution < -0.4 is 5.32 Å². The number of halogens is 3. The van der Waals surface area contributed by atoms with Crippen molar-refractivity contribution in [1.29, 1.82) is 0 Å². The summed E-state index contributed by atoms with van der Waals surface area (Å²) < 4.78 is 27.5. The van der Waals surface area contributed by atoms with Gasteiger partial charge >= 0.3 is 0 Å². The second kappa shape index (κ2) is 4.87. The highest BCUT2D eigenvalue weighted by atomic mass is 35.5. The number of hydrogen-bond donors (Lipinski definition) is 1. The molecule has 2 aromatic carbocycles. The molecule has 0 bridgehead atoms. The number of alkyl halides is 1. The van der Waals surface area contributed by atoms with Crippen molar-refractivity contribution in [3.8, 4) is 0 Å². The van der Waals surface area contributed by atoms with E-state index in [2.05, 4.69) is 5.32 Å². The van der Waals surface area contributed by atoms with Crippen LogP contribution in [0.5, 0.6) is 0 Å². The third-order valence-corrected chi connectivity index (χ3v) is 3.77. The second-order valence-corrected chi connectivity index (χ2v) is 5.08. The molecule has 2 nitrogen and oxygen atoms in total. The maximum Gasteiger partial charge on any atom is 0.228 e. The predicted molar refractivity (Wildman–Crippen MR) is 72.8 cm³/mol. The fourth-order valence-corrected chi connectivity index (χ4v) is 2.67. The Kier molecular flexibility index (Phi) is 3.18. The topological polar surface area (TPSA) is 29.1 Å². The summed E-state index contributed by atoms with van der Waals surface area (Å²) in [6.45, 7) is 0. The van der Waals surface area contributed by atoms with Crippen molar-refractivity contribution in [3.63, 3.8) is 0 Å². The number of rotatable bonds is 2. The molecule has 1 atom stereocenters. The van der Waals surface area contributed by atoms with Gasteiger partial charge in [0.1, 0.15) is 11.6 Å². The fraction of sp³-hybridized carbons (Fsp3) is 0.133. The summed E-state index contributed by atoms with van der Waals surface area (Å²) in [5.74, 6) is -1.46. The van der Waals surface area contributed by atoms with Gasteiger partial charge in [-0.25, -0.2) is 8.78 Å². The Labute approximate surface area is 119 Å². The fourth-order valence-electron chi connectivity index (χ4n) is 2.33. The Balaban J connectivity index is 2.02. The number of carbonyl (C=O) groups is 1. The van der Waals surface area contributed by atoms with E-state index >= 15 is 0 Å². The normalized spacial score (nSPS) is 14.8. The lowest BCUT2D eigenvalue weighted by molar-refractivity contribution is -0.115. The molecular formula is C15H10ClF2NO. The van der Waals surface area contributed by atoms with Gasteiger partial charge in [-0.3, -0.25) is 4.79 Å². The van der Waals surface area contributed by atoms with E-state index in [0.717, 1.165) is 11.3 Å². The first-order chi connectivity index (χ1) is 9.56. The van der Waals surface area contributed by atoms with E-state index in [0.29, 0.717) is 5.56 Å². The summed E-state index contributed by atoms with van der Waals surface area (Å²) >= 11 is 6.19. The molecular weight excluding hydrogens is 284 g/mol. The van der Waals surface area contributed by atoms with Crippen molar-refractivity contribution in [2.45, 2.75) is 11.8 Å². The number of carbonyl (C=O) groups excluding carboxylic acids is 1. The average Bonchev–Trinajstić information content (AvgIpc) is 2.77. The first-order valence-corrected chi connectivity index (χ1v) is 6.50. The van der Waals surface area contributed by atoms with Crippen LogP contribution in [0, 0.1) is 11.6 Å². The van der Waals surface area contributed by atoms with Gasteiger partial charge in [-0.1, -0.05) is 18.2 Å². The van der Waals surface area contributed by atoms with Gasteiger partial charge in [-0.2, -0.15) is 0 Å². The summed E-state index contributed by atoms with van der Waals surface area (Å²) in [5, 5.41) is 1.76. The molecule has 0 aliphatic carbocycles. The standard InChI is InChI=1S/C15H10ClF2NO/c16-15(14-10(17)2-1-3-11(14)18)8-4-5-12-9(6-8)7-13(20)19-12/h1-6,15H,7H2,(H,19,20). The van der Waals surface area contributed by atoms with Crippen LogP contribution in [0.4, 0.5) is 14.5 Å². The minimum Gasteiger partial charge on any atom is -0.326 e. The molecule has 2 aromatic rings. The van der Waals surface area contributed by atoms with Crippen molar-refractivity contribution in [1.82, 2.24) is 0 Å². The van der Waals surface area contributed by atoms with Crippen molar-refractivity contribution in [2.75, 3.05) is 5.32 Å². The molecule has 0 radical (unpaired) electrons. The Hall–Kier alpha value is -1.94. The lowest BCUT2D eigenvalue weighted by Crippen LogP contribution is -2.03. The smallest absolute Gasteiger partial charge is 0.228 e. The minimum atomic E-state index is -0.933. The van der Waals surface area contributed by atoms with Crippen molar-refractivity contribution >= 4 is 23.2 Å². The Bertz CT molecular complexity index is 682. The van der Waals surface area contributed by atoms with Gasteiger partial charge in [0, 0.05) is 11.3 Å². The molecule has 0 saturated carbocycles. The number of benzene rings is 2. The average molecular weight is 294 g/mol. The van der Waals surface area contributed by atoms with Gasteiger partial charge in [-0.05, 0) is 29.3 Å². The molecule has 1 unspecified atom stereocenters. The van der Waals surface area contributed by atoms with E-state index in [1.807, 2.05) is 0 Å². The number of anilines is 1. The van der Waals surface area contributed by atoms with Gasteiger partial charge in [0.25, 0.3) is 0 Å². The monoisotopic (exact) mass is 293 g/mol. The first kappa shape index (κ1) is 13.1. The first-order valence-electron chi connectivity index (χ1n) is 6.07. The van der Waals surface area contributed by atoms with Crippen molar-refractivity contribution in [3.05, 3.63) is 64.7 Å². The van der Waals surface area contributed by atoms with Crippen molar-refractivity contribution < 1.29 is 13.6 Å². The van der Waals surface area contributed by atoms with Gasteiger partial charge < -0.3 is 5.32 Å².